The summed E-state index contributed by atoms with van der Waals surface area (Å²) in [6, 6.07) is 13.3. The highest BCUT2D eigenvalue weighted by atomic mass is 32.2. The van der Waals surface area contributed by atoms with E-state index in [2.05, 4.69) is 10.1 Å². The lowest BCUT2D eigenvalue weighted by Gasteiger charge is -2.10. The third kappa shape index (κ3) is 5.29. The molecule has 0 radical (unpaired) electrons. The third-order valence-corrected chi connectivity index (χ3v) is 5.21. The molecule has 0 amide bonds. The zero-order valence-electron chi connectivity index (χ0n) is 16.7. The smallest absolute Gasteiger partial charge is 0.319 e. The molecule has 7 nitrogen and oxygen atoms in total. The highest BCUT2D eigenvalue weighted by Crippen LogP contribution is 2.31. The highest BCUT2D eigenvalue weighted by Gasteiger charge is 2.19. The number of esters is 1. The van der Waals surface area contributed by atoms with Gasteiger partial charge < -0.3 is 18.7 Å². The Hall–Kier alpha value is -3.00. The van der Waals surface area contributed by atoms with Crippen LogP contribution in [0.3, 0.4) is 0 Å². The molecule has 0 saturated carbocycles. The molecule has 0 aliphatic heterocycles. The van der Waals surface area contributed by atoms with E-state index in [0.717, 1.165) is 4.90 Å². The minimum Gasteiger partial charge on any atom is -0.497 e. The largest absolute Gasteiger partial charge is 0.497 e. The van der Waals surface area contributed by atoms with Gasteiger partial charge in [-0.15, -0.1) is 11.8 Å². The lowest BCUT2D eigenvalue weighted by Crippen LogP contribution is -2.16. The Labute approximate surface area is 173 Å². The summed E-state index contributed by atoms with van der Waals surface area (Å²) >= 11 is 1.44. The predicted molar refractivity (Wildman–Crippen MR) is 109 cm³/mol. The molecule has 0 aliphatic rings. The Bertz CT molecular complexity index is 971. The minimum atomic E-state index is -0.359. The maximum Gasteiger partial charge on any atom is 0.319 e. The Balaban J connectivity index is 1.60. The van der Waals surface area contributed by atoms with Gasteiger partial charge in [0, 0.05) is 11.0 Å². The van der Waals surface area contributed by atoms with Gasteiger partial charge in [-0.25, -0.2) is 0 Å². The van der Waals surface area contributed by atoms with Gasteiger partial charge in [-0.1, -0.05) is 22.9 Å². The number of aromatic nitrogens is 2. The van der Waals surface area contributed by atoms with E-state index >= 15 is 0 Å². The maximum absolute atomic E-state index is 12.3. The molecule has 3 aromatic rings. The number of carbonyl (C=O) groups is 1. The molecule has 1 atom stereocenters. The fourth-order valence-electron chi connectivity index (χ4n) is 2.53. The van der Waals surface area contributed by atoms with E-state index in [1.807, 2.05) is 31.2 Å². The van der Waals surface area contributed by atoms with Gasteiger partial charge in [0.05, 0.1) is 19.8 Å². The number of carbonyl (C=O) groups excluding carboxylic acids is 1. The van der Waals surface area contributed by atoms with Crippen LogP contribution in [-0.4, -0.2) is 35.6 Å². The molecule has 3 rings (SSSR count). The Kier molecular flexibility index (Phi) is 6.77. The fraction of sp³-hybridized carbons (Fsp3) is 0.286. The van der Waals surface area contributed by atoms with E-state index in [0.29, 0.717) is 22.9 Å². The van der Waals surface area contributed by atoms with Crippen LogP contribution in [0.5, 0.6) is 11.5 Å². The molecule has 29 heavy (non-hydrogen) atoms. The summed E-state index contributed by atoms with van der Waals surface area (Å²) in [6.07, 6.45) is 0. The second kappa shape index (κ2) is 9.47. The summed E-state index contributed by atoms with van der Waals surface area (Å²) in [5, 5.41) is 3.59. The predicted octanol–water partition coefficient (Wildman–Crippen LogP) is 4.29. The van der Waals surface area contributed by atoms with E-state index in [1.54, 1.807) is 39.3 Å². The van der Waals surface area contributed by atoms with Crippen LogP contribution in [0, 0.1) is 6.92 Å². The maximum atomic E-state index is 12.3. The molecule has 0 saturated heterocycles. The summed E-state index contributed by atoms with van der Waals surface area (Å²) in [4.78, 5) is 17.6. The van der Waals surface area contributed by atoms with Crippen LogP contribution in [0.2, 0.25) is 0 Å². The van der Waals surface area contributed by atoms with Crippen molar-refractivity contribution in [3.05, 3.63) is 53.9 Å². The van der Waals surface area contributed by atoms with Gasteiger partial charge in [-0.05, 0) is 38.1 Å². The highest BCUT2D eigenvalue weighted by molar-refractivity contribution is 8.00. The topological polar surface area (TPSA) is 83.7 Å². The number of methoxy groups -OCH3 is 2. The van der Waals surface area contributed by atoms with Gasteiger partial charge in [0.25, 0.3) is 5.89 Å². The zero-order valence-corrected chi connectivity index (χ0v) is 17.5. The van der Waals surface area contributed by atoms with E-state index < -0.39 is 0 Å². The number of nitrogens with zero attached hydrogens (tertiary/aromatic N) is 2. The van der Waals surface area contributed by atoms with E-state index in [1.165, 1.54) is 17.3 Å². The number of hydrogen-bond donors (Lipinski definition) is 0. The molecule has 1 heterocycles. The quantitative estimate of drug-likeness (QED) is 0.399. The van der Waals surface area contributed by atoms with Crippen molar-refractivity contribution in [3.8, 4) is 22.9 Å². The summed E-state index contributed by atoms with van der Waals surface area (Å²) < 4.78 is 21.1. The van der Waals surface area contributed by atoms with Crippen LogP contribution >= 0.6 is 11.8 Å². The normalized spacial score (nSPS) is 11.7. The van der Waals surface area contributed by atoms with Crippen molar-refractivity contribution >= 4 is 17.7 Å². The van der Waals surface area contributed by atoms with Crippen molar-refractivity contribution in [2.45, 2.75) is 30.6 Å². The molecule has 0 unspecified atom stereocenters. The summed E-state index contributed by atoms with van der Waals surface area (Å²) in [6.45, 7) is 3.73. The van der Waals surface area contributed by atoms with Crippen LogP contribution in [0.1, 0.15) is 18.4 Å². The zero-order chi connectivity index (χ0) is 20.8. The first-order chi connectivity index (χ1) is 14.0. The second-order valence-corrected chi connectivity index (χ2v) is 7.67. The van der Waals surface area contributed by atoms with E-state index in [9.17, 15) is 4.79 Å². The minimum absolute atomic E-state index is 0.0941. The van der Waals surface area contributed by atoms with Gasteiger partial charge in [-0.2, -0.15) is 4.98 Å². The number of ether oxygens (including phenoxy) is 3. The number of aryl methyl sites for hydroxylation is 1. The Morgan fingerprint density at radius 3 is 2.59 bits per heavy atom. The fourth-order valence-corrected chi connectivity index (χ4v) is 3.39. The molecule has 0 spiro atoms. The lowest BCUT2D eigenvalue weighted by atomic mass is 10.2. The van der Waals surface area contributed by atoms with Crippen molar-refractivity contribution in [2.75, 3.05) is 14.2 Å². The lowest BCUT2D eigenvalue weighted by molar-refractivity contribution is -0.144. The molecule has 0 fully saturated rings. The summed E-state index contributed by atoms with van der Waals surface area (Å²) in [7, 11) is 3.13. The average Bonchev–Trinajstić information content (AvgIpc) is 3.21. The summed E-state index contributed by atoms with van der Waals surface area (Å²) in [5.41, 5.74) is 1.82. The van der Waals surface area contributed by atoms with Gasteiger partial charge >= 0.3 is 5.97 Å². The van der Waals surface area contributed by atoms with Gasteiger partial charge in [-0.3, -0.25) is 4.79 Å². The molecule has 0 bridgehead atoms. The SMILES string of the molecule is COc1ccc(-c2noc(COC(=O)[C@H](C)Sc3ccc(C)cc3)n2)c(OC)c1. The molecule has 1 aromatic heterocycles. The van der Waals surface area contributed by atoms with Crippen LogP contribution in [0.25, 0.3) is 11.4 Å². The van der Waals surface area contributed by atoms with Crippen LogP contribution in [-0.2, 0) is 16.1 Å². The van der Waals surface area contributed by atoms with Crippen molar-refractivity contribution < 1.29 is 23.5 Å². The van der Waals surface area contributed by atoms with Crippen LogP contribution < -0.4 is 9.47 Å². The molecule has 0 aliphatic carbocycles. The standard InChI is InChI=1S/C21H22N2O5S/c1-13-5-8-16(9-6-13)29-14(2)21(24)27-12-19-22-20(23-28-19)17-10-7-15(25-3)11-18(17)26-4/h5-11,14H,12H2,1-4H3/t14-/m0/s1. The van der Waals surface area contributed by atoms with Crippen LogP contribution in [0.15, 0.2) is 51.9 Å². The molecule has 2 aromatic carbocycles. The van der Waals surface area contributed by atoms with Crippen molar-refractivity contribution in [1.29, 1.82) is 0 Å². The van der Waals surface area contributed by atoms with Crippen molar-refractivity contribution in [2.24, 2.45) is 0 Å². The van der Waals surface area contributed by atoms with Gasteiger partial charge in [0.1, 0.15) is 16.7 Å². The molecular weight excluding hydrogens is 392 g/mol. The van der Waals surface area contributed by atoms with Crippen LogP contribution in [0.4, 0.5) is 0 Å². The number of thioether (sulfide) groups is 1. The number of rotatable bonds is 8. The van der Waals surface area contributed by atoms with Gasteiger partial charge in [0.15, 0.2) is 6.61 Å². The summed E-state index contributed by atoms with van der Waals surface area (Å²) in [5.74, 6) is 1.41. The average molecular weight is 414 g/mol. The molecule has 0 N–H and O–H groups in total. The van der Waals surface area contributed by atoms with Crippen molar-refractivity contribution in [3.63, 3.8) is 0 Å². The second-order valence-electron chi connectivity index (χ2n) is 6.26. The number of hydrogen-bond acceptors (Lipinski definition) is 8. The first-order valence-electron chi connectivity index (χ1n) is 8.95. The first kappa shape index (κ1) is 20.7. The Morgan fingerprint density at radius 1 is 1.14 bits per heavy atom. The Morgan fingerprint density at radius 2 is 1.90 bits per heavy atom. The molecule has 152 valence electrons. The molecule has 8 heteroatoms. The number of benzene rings is 2. The van der Waals surface area contributed by atoms with E-state index in [4.69, 9.17) is 18.7 Å². The van der Waals surface area contributed by atoms with E-state index in [-0.39, 0.29) is 23.7 Å². The van der Waals surface area contributed by atoms with Crippen molar-refractivity contribution in [1.82, 2.24) is 10.1 Å². The third-order valence-electron chi connectivity index (χ3n) is 4.12. The molecular formula is C21H22N2O5S. The first-order valence-corrected chi connectivity index (χ1v) is 9.83. The monoisotopic (exact) mass is 414 g/mol. The van der Waals surface area contributed by atoms with Gasteiger partial charge in [0.2, 0.25) is 5.82 Å².